The number of anilines is 1. The van der Waals surface area contributed by atoms with Crippen LogP contribution in [0.15, 0.2) is 22.7 Å². The molecule has 0 aliphatic heterocycles. The number of halogens is 2. The molecule has 0 spiro atoms. The second kappa shape index (κ2) is 6.48. The monoisotopic (exact) mass is 304 g/mol. The summed E-state index contributed by atoms with van der Waals surface area (Å²) in [5.74, 6) is 0.549. The van der Waals surface area contributed by atoms with Gasteiger partial charge in [-0.1, -0.05) is 31.9 Å². The van der Waals surface area contributed by atoms with Gasteiger partial charge in [0.15, 0.2) is 0 Å². The molecule has 2 nitrogen and oxygen atoms in total. The van der Waals surface area contributed by atoms with Crippen molar-refractivity contribution in [3.63, 3.8) is 0 Å². The van der Waals surface area contributed by atoms with Gasteiger partial charge >= 0.3 is 0 Å². The number of nitrogens with one attached hydrogen (secondary N) is 1. The van der Waals surface area contributed by atoms with Gasteiger partial charge in [-0.2, -0.15) is 0 Å². The normalized spacial score (nSPS) is 14.6. The minimum atomic E-state index is 0.294. The number of nitrogens with two attached hydrogens (primary N) is 1. The maximum absolute atomic E-state index is 6.04. The third kappa shape index (κ3) is 3.65. The van der Waals surface area contributed by atoms with Crippen LogP contribution in [0.25, 0.3) is 0 Å². The van der Waals surface area contributed by atoms with Crippen LogP contribution in [0.3, 0.4) is 0 Å². The van der Waals surface area contributed by atoms with E-state index in [0.29, 0.717) is 23.5 Å². The first-order valence-electron chi connectivity index (χ1n) is 5.50. The van der Waals surface area contributed by atoms with Crippen LogP contribution in [0, 0.1) is 5.92 Å². The molecule has 3 N–H and O–H groups in total. The molecule has 0 saturated carbocycles. The second-order valence-corrected chi connectivity index (χ2v) is 5.26. The van der Waals surface area contributed by atoms with E-state index in [1.54, 1.807) is 0 Å². The van der Waals surface area contributed by atoms with Crippen molar-refractivity contribution in [3.05, 3.63) is 27.7 Å². The van der Waals surface area contributed by atoms with Crippen LogP contribution >= 0.6 is 27.5 Å². The van der Waals surface area contributed by atoms with Crippen LogP contribution in [-0.4, -0.2) is 12.6 Å². The number of benzene rings is 1. The number of hydrogen-bond acceptors (Lipinski definition) is 2. The van der Waals surface area contributed by atoms with Crippen molar-refractivity contribution < 1.29 is 0 Å². The molecule has 0 saturated heterocycles. The van der Waals surface area contributed by atoms with Gasteiger partial charge in [-0.05, 0) is 40.0 Å². The summed E-state index contributed by atoms with van der Waals surface area (Å²) in [6.45, 7) is 5.00. The van der Waals surface area contributed by atoms with Gasteiger partial charge in [-0.25, -0.2) is 0 Å². The van der Waals surface area contributed by atoms with E-state index in [0.717, 1.165) is 16.6 Å². The highest BCUT2D eigenvalue weighted by Gasteiger charge is 2.13. The van der Waals surface area contributed by atoms with E-state index < -0.39 is 0 Å². The molecule has 1 aromatic rings. The van der Waals surface area contributed by atoms with Crippen molar-refractivity contribution in [2.75, 3.05) is 11.9 Å². The molecule has 0 heterocycles. The van der Waals surface area contributed by atoms with Crippen LogP contribution in [0.4, 0.5) is 5.69 Å². The molecule has 0 aromatic heterocycles. The van der Waals surface area contributed by atoms with Crippen molar-refractivity contribution >= 4 is 33.2 Å². The van der Waals surface area contributed by atoms with E-state index >= 15 is 0 Å². The largest absolute Gasteiger partial charge is 0.381 e. The molecular formula is C12H18BrClN2. The van der Waals surface area contributed by atoms with Crippen molar-refractivity contribution in [1.29, 1.82) is 0 Å². The predicted molar refractivity (Wildman–Crippen MR) is 75.1 cm³/mol. The molecule has 16 heavy (non-hydrogen) atoms. The average Bonchev–Trinajstić information content (AvgIpc) is 2.29. The first kappa shape index (κ1) is 13.8. The first-order valence-corrected chi connectivity index (χ1v) is 6.67. The standard InChI is InChI=1S/C12H18BrClN2/c1-3-8(2)12(7-15)16-9-4-5-10(13)11(14)6-9/h4-6,8,12,16H,3,7,15H2,1-2H3. The van der Waals surface area contributed by atoms with Gasteiger partial charge < -0.3 is 11.1 Å². The van der Waals surface area contributed by atoms with Gasteiger partial charge in [0.25, 0.3) is 0 Å². The zero-order valence-electron chi connectivity index (χ0n) is 9.63. The van der Waals surface area contributed by atoms with E-state index in [2.05, 4.69) is 35.1 Å². The van der Waals surface area contributed by atoms with Crippen LogP contribution < -0.4 is 11.1 Å². The molecule has 1 aromatic carbocycles. The van der Waals surface area contributed by atoms with Crippen LogP contribution in [0.1, 0.15) is 20.3 Å². The second-order valence-electron chi connectivity index (χ2n) is 4.00. The summed E-state index contributed by atoms with van der Waals surface area (Å²) in [4.78, 5) is 0. The fourth-order valence-electron chi connectivity index (χ4n) is 1.52. The van der Waals surface area contributed by atoms with Crippen LogP contribution in [0.2, 0.25) is 5.02 Å². The molecule has 2 atom stereocenters. The lowest BCUT2D eigenvalue weighted by molar-refractivity contribution is 0.474. The predicted octanol–water partition coefficient (Wildman–Crippen LogP) is 3.89. The summed E-state index contributed by atoms with van der Waals surface area (Å²) in [6.07, 6.45) is 1.11. The minimum Gasteiger partial charge on any atom is -0.381 e. The summed E-state index contributed by atoms with van der Waals surface area (Å²) in [6, 6.07) is 6.15. The third-order valence-electron chi connectivity index (χ3n) is 2.86. The first-order chi connectivity index (χ1) is 7.58. The van der Waals surface area contributed by atoms with E-state index in [1.165, 1.54) is 0 Å². The van der Waals surface area contributed by atoms with Crippen LogP contribution in [0.5, 0.6) is 0 Å². The fraction of sp³-hybridized carbons (Fsp3) is 0.500. The Hall–Kier alpha value is -0.250. The quantitative estimate of drug-likeness (QED) is 0.866. The van der Waals surface area contributed by atoms with Gasteiger partial charge in [-0.15, -0.1) is 0 Å². The molecule has 4 heteroatoms. The van der Waals surface area contributed by atoms with E-state index in [-0.39, 0.29) is 0 Å². The lowest BCUT2D eigenvalue weighted by Crippen LogP contribution is -2.34. The molecule has 0 bridgehead atoms. The van der Waals surface area contributed by atoms with Crippen molar-refractivity contribution in [1.82, 2.24) is 0 Å². The highest BCUT2D eigenvalue weighted by Crippen LogP contribution is 2.26. The summed E-state index contributed by atoms with van der Waals surface area (Å²) in [5, 5.41) is 4.13. The molecule has 1 rings (SSSR count). The Balaban J connectivity index is 2.74. The van der Waals surface area contributed by atoms with E-state index in [4.69, 9.17) is 17.3 Å². The Bertz CT molecular complexity index is 344. The summed E-state index contributed by atoms with van der Waals surface area (Å²) in [7, 11) is 0. The average molecular weight is 306 g/mol. The number of rotatable bonds is 5. The molecule has 90 valence electrons. The zero-order valence-corrected chi connectivity index (χ0v) is 12.0. The van der Waals surface area contributed by atoms with Crippen LogP contribution in [-0.2, 0) is 0 Å². The van der Waals surface area contributed by atoms with Crippen molar-refractivity contribution in [2.24, 2.45) is 11.7 Å². The SMILES string of the molecule is CCC(C)C(CN)Nc1ccc(Br)c(Cl)c1. The topological polar surface area (TPSA) is 38.0 Å². The molecule has 0 amide bonds. The summed E-state index contributed by atoms with van der Waals surface area (Å²) >= 11 is 9.41. The number of hydrogen-bond donors (Lipinski definition) is 2. The minimum absolute atomic E-state index is 0.294. The highest BCUT2D eigenvalue weighted by atomic mass is 79.9. The lowest BCUT2D eigenvalue weighted by atomic mass is 9.99. The molecule has 0 aliphatic carbocycles. The highest BCUT2D eigenvalue weighted by molar-refractivity contribution is 9.10. The molecular weight excluding hydrogens is 288 g/mol. The summed E-state index contributed by atoms with van der Waals surface area (Å²) < 4.78 is 0.910. The van der Waals surface area contributed by atoms with Gasteiger partial charge in [0.1, 0.15) is 0 Å². The smallest absolute Gasteiger partial charge is 0.0568 e. The Morgan fingerprint density at radius 2 is 2.19 bits per heavy atom. The molecule has 0 fully saturated rings. The lowest BCUT2D eigenvalue weighted by Gasteiger charge is -2.24. The Kier molecular flexibility index (Phi) is 5.59. The zero-order chi connectivity index (χ0) is 12.1. The maximum atomic E-state index is 6.04. The maximum Gasteiger partial charge on any atom is 0.0568 e. The van der Waals surface area contributed by atoms with Gasteiger partial charge in [0, 0.05) is 22.7 Å². The van der Waals surface area contributed by atoms with E-state index in [1.807, 2.05) is 18.2 Å². The van der Waals surface area contributed by atoms with Gasteiger partial charge in [0.2, 0.25) is 0 Å². The summed E-state index contributed by atoms with van der Waals surface area (Å²) in [5.41, 5.74) is 6.78. The fourth-order valence-corrected chi connectivity index (χ4v) is 1.95. The molecule has 0 radical (unpaired) electrons. The Morgan fingerprint density at radius 1 is 1.50 bits per heavy atom. The Labute approximate surface area is 111 Å². The van der Waals surface area contributed by atoms with Gasteiger partial charge in [0.05, 0.1) is 5.02 Å². The third-order valence-corrected chi connectivity index (χ3v) is 4.09. The molecule has 0 aliphatic rings. The van der Waals surface area contributed by atoms with E-state index in [9.17, 15) is 0 Å². The Morgan fingerprint density at radius 3 is 2.69 bits per heavy atom. The van der Waals surface area contributed by atoms with Crippen molar-refractivity contribution in [3.8, 4) is 0 Å². The van der Waals surface area contributed by atoms with Crippen molar-refractivity contribution in [2.45, 2.75) is 26.3 Å². The molecule has 2 unspecified atom stereocenters. The van der Waals surface area contributed by atoms with Gasteiger partial charge in [-0.3, -0.25) is 0 Å².